The van der Waals surface area contributed by atoms with Crippen LogP contribution < -0.4 is 5.32 Å². The van der Waals surface area contributed by atoms with Crippen molar-refractivity contribution >= 4 is 16.8 Å². The predicted octanol–water partition coefficient (Wildman–Crippen LogP) is 3.69. The van der Waals surface area contributed by atoms with Crippen LogP contribution in [0.1, 0.15) is 29.9 Å². The van der Waals surface area contributed by atoms with Gasteiger partial charge in [-0.25, -0.2) is 0 Å². The first-order chi connectivity index (χ1) is 15.1. The smallest absolute Gasteiger partial charge is 0.234 e. The largest absolute Gasteiger partial charge is 0.361 e. The van der Waals surface area contributed by atoms with E-state index in [1.165, 1.54) is 35.9 Å². The third kappa shape index (κ3) is 5.54. The molecule has 2 aromatic carbocycles. The standard InChI is InChI=1S/C26H34N4O/c1-29-14-8-9-20(17-29)18-30(2)19-26(31)28-15-23(21-10-4-3-5-11-21)24-16-27-25-13-7-6-12-22(24)25/h3-7,10-13,16,20,23,27H,8-9,14-15,17-19H2,1-2H3,(H,28,31). The molecule has 0 aliphatic carbocycles. The number of nitrogens with one attached hydrogen (secondary N) is 2. The Labute approximate surface area is 185 Å². The lowest BCUT2D eigenvalue weighted by molar-refractivity contribution is -0.122. The fourth-order valence-corrected chi connectivity index (χ4v) is 4.92. The van der Waals surface area contributed by atoms with Crippen molar-refractivity contribution in [2.45, 2.75) is 18.8 Å². The minimum Gasteiger partial charge on any atom is -0.361 e. The number of fused-ring (bicyclic) bond motifs is 1. The van der Waals surface area contributed by atoms with Gasteiger partial charge in [0.2, 0.25) is 5.91 Å². The van der Waals surface area contributed by atoms with Gasteiger partial charge in [-0.1, -0.05) is 48.5 Å². The molecule has 5 nitrogen and oxygen atoms in total. The molecule has 5 heteroatoms. The van der Waals surface area contributed by atoms with Gasteiger partial charge in [-0.3, -0.25) is 9.69 Å². The SMILES string of the molecule is CN1CCCC(CN(C)CC(=O)NCC(c2ccccc2)c2c[nH]c3ccccc23)C1. The van der Waals surface area contributed by atoms with Gasteiger partial charge in [0.1, 0.15) is 0 Å². The highest BCUT2D eigenvalue weighted by Crippen LogP contribution is 2.30. The average Bonchev–Trinajstić information content (AvgIpc) is 3.19. The number of hydrogen-bond donors (Lipinski definition) is 2. The minimum absolute atomic E-state index is 0.0902. The van der Waals surface area contributed by atoms with Crippen molar-refractivity contribution in [3.05, 3.63) is 71.9 Å². The van der Waals surface area contributed by atoms with Crippen molar-refractivity contribution in [1.29, 1.82) is 0 Å². The number of carbonyl (C=O) groups is 1. The molecule has 1 aliphatic heterocycles. The van der Waals surface area contributed by atoms with Crippen LogP contribution in [0.3, 0.4) is 0 Å². The molecular weight excluding hydrogens is 384 g/mol. The molecule has 3 aromatic rings. The fraction of sp³-hybridized carbons (Fsp3) is 0.423. The predicted molar refractivity (Wildman–Crippen MR) is 127 cm³/mol. The van der Waals surface area contributed by atoms with E-state index in [9.17, 15) is 4.79 Å². The summed E-state index contributed by atoms with van der Waals surface area (Å²) in [6, 6.07) is 18.8. The molecule has 1 amide bonds. The summed E-state index contributed by atoms with van der Waals surface area (Å²) in [6.45, 7) is 4.32. The summed E-state index contributed by atoms with van der Waals surface area (Å²) in [4.78, 5) is 20.7. The Bertz CT molecular complexity index is 983. The first-order valence-electron chi connectivity index (χ1n) is 11.3. The third-order valence-corrected chi connectivity index (χ3v) is 6.41. The Balaban J connectivity index is 1.40. The van der Waals surface area contributed by atoms with Gasteiger partial charge in [0.15, 0.2) is 0 Å². The number of para-hydroxylation sites is 1. The van der Waals surface area contributed by atoms with Crippen LogP contribution >= 0.6 is 0 Å². The minimum atomic E-state index is 0.0902. The van der Waals surface area contributed by atoms with Crippen LogP contribution in [-0.4, -0.2) is 67.5 Å². The Morgan fingerprint density at radius 2 is 1.97 bits per heavy atom. The zero-order valence-corrected chi connectivity index (χ0v) is 18.7. The van der Waals surface area contributed by atoms with Crippen molar-refractivity contribution < 1.29 is 4.79 Å². The number of aromatic amines is 1. The lowest BCUT2D eigenvalue weighted by Crippen LogP contribution is -2.42. The van der Waals surface area contributed by atoms with Crippen molar-refractivity contribution in [1.82, 2.24) is 20.1 Å². The fourth-order valence-electron chi connectivity index (χ4n) is 4.92. The first-order valence-corrected chi connectivity index (χ1v) is 11.3. The zero-order chi connectivity index (χ0) is 21.6. The number of piperidine rings is 1. The van der Waals surface area contributed by atoms with Crippen LogP contribution in [0.4, 0.5) is 0 Å². The van der Waals surface area contributed by atoms with Gasteiger partial charge >= 0.3 is 0 Å². The molecule has 31 heavy (non-hydrogen) atoms. The molecule has 0 saturated carbocycles. The van der Waals surface area contributed by atoms with Crippen LogP contribution in [0.5, 0.6) is 0 Å². The van der Waals surface area contributed by atoms with Crippen LogP contribution in [0.15, 0.2) is 60.8 Å². The third-order valence-electron chi connectivity index (χ3n) is 6.41. The number of likely N-dealkylation sites (tertiary alicyclic amines) is 1. The van der Waals surface area contributed by atoms with Gasteiger partial charge in [-0.15, -0.1) is 0 Å². The Kier molecular flexibility index (Phi) is 7.05. The van der Waals surface area contributed by atoms with E-state index in [2.05, 4.69) is 82.9 Å². The summed E-state index contributed by atoms with van der Waals surface area (Å²) in [5.74, 6) is 0.853. The summed E-state index contributed by atoms with van der Waals surface area (Å²) >= 11 is 0. The number of H-pyrrole nitrogens is 1. The Morgan fingerprint density at radius 3 is 2.77 bits per heavy atom. The van der Waals surface area contributed by atoms with E-state index in [1.54, 1.807) is 0 Å². The van der Waals surface area contributed by atoms with Crippen LogP contribution in [0.25, 0.3) is 10.9 Å². The number of aromatic nitrogens is 1. The van der Waals surface area contributed by atoms with E-state index in [1.807, 2.05) is 12.1 Å². The summed E-state index contributed by atoms with van der Waals surface area (Å²) < 4.78 is 0. The van der Waals surface area contributed by atoms with Crippen molar-refractivity contribution in [3.8, 4) is 0 Å². The summed E-state index contributed by atoms with van der Waals surface area (Å²) in [5, 5.41) is 4.42. The van der Waals surface area contributed by atoms with Gasteiger partial charge in [0.25, 0.3) is 0 Å². The van der Waals surface area contributed by atoms with E-state index in [-0.39, 0.29) is 11.8 Å². The highest BCUT2D eigenvalue weighted by molar-refractivity contribution is 5.84. The summed E-state index contributed by atoms with van der Waals surface area (Å²) in [5.41, 5.74) is 3.56. The maximum absolute atomic E-state index is 12.8. The molecule has 2 unspecified atom stereocenters. The molecule has 1 aliphatic rings. The van der Waals surface area contributed by atoms with Crippen molar-refractivity contribution in [3.63, 3.8) is 0 Å². The molecule has 1 fully saturated rings. The second kappa shape index (κ2) is 10.1. The molecule has 0 spiro atoms. The van der Waals surface area contributed by atoms with Gasteiger partial charge in [-0.2, -0.15) is 0 Å². The monoisotopic (exact) mass is 418 g/mol. The maximum Gasteiger partial charge on any atom is 0.234 e. The van der Waals surface area contributed by atoms with E-state index in [0.29, 0.717) is 19.0 Å². The molecule has 164 valence electrons. The van der Waals surface area contributed by atoms with Crippen LogP contribution in [0.2, 0.25) is 0 Å². The van der Waals surface area contributed by atoms with Gasteiger partial charge in [-0.05, 0) is 56.6 Å². The molecule has 0 bridgehead atoms. The lowest BCUT2D eigenvalue weighted by atomic mass is 9.91. The summed E-state index contributed by atoms with van der Waals surface area (Å²) in [7, 11) is 4.25. The lowest BCUT2D eigenvalue weighted by Gasteiger charge is -2.32. The highest BCUT2D eigenvalue weighted by atomic mass is 16.2. The molecule has 2 heterocycles. The number of carbonyl (C=O) groups excluding carboxylic acids is 1. The molecule has 2 atom stereocenters. The van der Waals surface area contributed by atoms with E-state index >= 15 is 0 Å². The van der Waals surface area contributed by atoms with Crippen LogP contribution in [0, 0.1) is 5.92 Å². The van der Waals surface area contributed by atoms with Gasteiger partial charge in [0.05, 0.1) is 6.54 Å². The van der Waals surface area contributed by atoms with E-state index in [4.69, 9.17) is 0 Å². The van der Waals surface area contributed by atoms with Gasteiger partial charge in [0, 0.05) is 42.7 Å². The number of likely N-dealkylation sites (N-methyl/N-ethyl adjacent to an activating group) is 1. The maximum atomic E-state index is 12.8. The van der Waals surface area contributed by atoms with Crippen molar-refractivity contribution in [2.24, 2.45) is 5.92 Å². The highest BCUT2D eigenvalue weighted by Gasteiger charge is 2.21. The van der Waals surface area contributed by atoms with Crippen molar-refractivity contribution in [2.75, 3.05) is 46.8 Å². The molecular formula is C26H34N4O. The molecule has 1 saturated heterocycles. The molecule has 2 N–H and O–H groups in total. The Hall–Kier alpha value is -2.63. The second-order valence-corrected chi connectivity index (χ2v) is 9.02. The topological polar surface area (TPSA) is 51.4 Å². The molecule has 0 radical (unpaired) electrons. The normalized spacial score (nSPS) is 18.4. The number of nitrogens with zero attached hydrogens (tertiary/aromatic N) is 2. The second-order valence-electron chi connectivity index (χ2n) is 9.02. The van der Waals surface area contributed by atoms with E-state index in [0.717, 1.165) is 18.6 Å². The molecule has 4 rings (SSSR count). The average molecular weight is 419 g/mol. The number of rotatable bonds is 8. The Morgan fingerprint density at radius 1 is 1.19 bits per heavy atom. The number of benzene rings is 2. The zero-order valence-electron chi connectivity index (χ0n) is 18.7. The van der Waals surface area contributed by atoms with Crippen LogP contribution in [-0.2, 0) is 4.79 Å². The molecule has 1 aromatic heterocycles. The summed E-state index contributed by atoms with van der Waals surface area (Å²) in [6.07, 6.45) is 4.59. The van der Waals surface area contributed by atoms with E-state index < -0.39 is 0 Å². The number of hydrogen-bond acceptors (Lipinski definition) is 3. The quantitative estimate of drug-likeness (QED) is 0.587. The van der Waals surface area contributed by atoms with Gasteiger partial charge < -0.3 is 15.2 Å². The number of amides is 1. The first kappa shape index (κ1) is 21.6.